The molecule has 18 heavy (non-hydrogen) atoms. The molecule has 0 fully saturated rings. The number of amides is 1. The van der Waals surface area contributed by atoms with Crippen LogP contribution in [0.4, 0.5) is 4.39 Å². The van der Waals surface area contributed by atoms with Gasteiger partial charge in [0, 0.05) is 0 Å². The molecule has 0 aliphatic carbocycles. The second-order valence-electron chi connectivity index (χ2n) is 3.55. The molecule has 6 heteroatoms. The minimum atomic E-state index is -1.12. The average Bonchev–Trinajstić information content (AvgIpc) is 2.30. The minimum absolute atomic E-state index is 0.0728. The van der Waals surface area contributed by atoms with Gasteiger partial charge < -0.3 is 15.2 Å². The molecule has 0 spiro atoms. The van der Waals surface area contributed by atoms with E-state index in [1.165, 1.54) is 12.1 Å². The zero-order valence-electron chi connectivity index (χ0n) is 9.90. The Hall–Kier alpha value is -2.11. The van der Waals surface area contributed by atoms with Gasteiger partial charge in [0.25, 0.3) is 0 Å². The topological polar surface area (TPSA) is 75.6 Å². The molecule has 0 unspecified atom stereocenters. The highest BCUT2D eigenvalue weighted by atomic mass is 19.1. The van der Waals surface area contributed by atoms with Crippen LogP contribution in [0.15, 0.2) is 18.2 Å². The molecular weight excluding hydrogens is 241 g/mol. The van der Waals surface area contributed by atoms with Crippen molar-refractivity contribution in [3.05, 3.63) is 29.6 Å². The van der Waals surface area contributed by atoms with Crippen LogP contribution in [-0.2, 0) is 16.0 Å². The van der Waals surface area contributed by atoms with Crippen LogP contribution >= 0.6 is 0 Å². The number of benzene rings is 1. The molecule has 0 aliphatic rings. The summed E-state index contributed by atoms with van der Waals surface area (Å²) in [4.78, 5) is 21.5. The van der Waals surface area contributed by atoms with Crippen molar-refractivity contribution >= 4 is 11.9 Å². The van der Waals surface area contributed by atoms with Gasteiger partial charge in [-0.3, -0.25) is 9.59 Å². The molecule has 0 saturated carbocycles. The lowest BCUT2D eigenvalue weighted by Gasteiger charge is -2.07. The molecule has 5 nitrogen and oxygen atoms in total. The molecule has 1 amide bonds. The highest BCUT2D eigenvalue weighted by molar-refractivity contribution is 5.82. The summed E-state index contributed by atoms with van der Waals surface area (Å²) < 4.78 is 18.5. The Labute approximate surface area is 104 Å². The molecular formula is C12H14FNO4. The quantitative estimate of drug-likeness (QED) is 0.794. The summed E-state index contributed by atoms with van der Waals surface area (Å²) >= 11 is 0. The number of hydrogen-bond donors (Lipinski definition) is 2. The van der Waals surface area contributed by atoms with E-state index in [0.29, 0.717) is 12.2 Å². The third-order valence-electron chi connectivity index (χ3n) is 2.10. The van der Waals surface area contributed by atoms with E-state index in [1.54, 1.807) is 13.0 Å². The first-order chi connectivity index (χ1) is 8.52. The number of halogens is 1. The zero-order chi connectivity index (χ0) is 13.5. The monoisotopic (exact) mass is 255 g/mol. The number of ether oxygens (including phenoxy) is 1. The summed E-state index contributed by atoms with van der Waals surface area (Å²) in [5.74, 6) is -2.00. The van der Waals surface area contributed by atoms with Crippen molar-refractivity contribution < 1.29 is 23.8 Å². The molecule has 1 rings (SSSR count). The molecule has 0 atom stereocenters. The van der Waals surface area contributed by atoms with Gasteiger partial charge in [-0.05, 0) is 24.6 Å². The molecule has 0 radical (unpaired) electrons. The summed E-state index contributed by atoms with van der Waals surface area (Å²) in [6.45, 7) is 1.65. The van der Waals surface area contributed by atoms with Gasteiger partial charge in [0.15, 0.2) is 11.6 Å². The van der Waals surface area contributed by atoms with E-state index in [4.69, 9.17) is 9.84 Å². The zero-order valence-corrected chi connectivity index (χ0v) is 9.90. The number of carbonyl (C=O) groups excluding carboxylic acids is 1. The van der Waals surface area contributed by atoms with Crippen molar-refractivity contribution in [3.8, 4) is 5.75 Å². The molecule has 0 aromatic heterocycles. The number of nitrogens with one attached hydrogen (secondary N) is 1. The Bertz CT molecular complexity index is 448. The SMILES string of the molecule is CCOc1ccc(CC(=O)NCC(=O)O)cc1F. The molecule has 0 bridgehead atoms. The maximum absolute atomic E-state index is 13.5. The van der Waals surface area contributed by atoms with E-state index < -0.39 is 24.2 Å². The lowest BCUT2D eigenvalue weighted by molar-refractivity contribution is -0.137. The Kier molecular flexibility index (Phi) is 5.10. The van der Waals surface area contributed by atoms with Gasteiger partial charge in [0.2, 0.25) is 5.91 Å². The van der Waals surface area contributed by atoms with Crippen molar-refractivity contribution in [2.45, 2.75) is 13.3 Å². The van der Waals surface area contributed by atoms with Crippen LogP contribution in [0.2, 0.25) is 0 Å². The van der Waals surface area contributed by atoms with Crippen LogP contribution in [0.25, 0.3) is 0 Å². The maximum atomic E-state index is 13.5. The van der Waals surface area contributed by atoms with Crippen molar-refractivity contribution in [2.24, 2.45) is 0 Å². The predicted octanol–water partition coefficient (Wildman–Crippen LogP) is 0.968. The van der Waals surface area contributed by atoms with E-state index >= 15 is 0 Å². The largest absolute Gasteiger partial charge is 0.491 e. The lowest BCUT2D eigenvalue weighted by atomic mass is 10.1. The summed E-state index contributed by atoms with van der Waals surface area (Å²) in [6, 6.07) is 4.21. The molecule has 1 aromatic rings. The van der Waals surface area contributed by atoms with E-state index in [1.807, 2.05) is 0 Å². The highest BCUT2D eigenvalue weighted by Crippen LogP contribution is 2.18. The smallest absolute Gasteiger partial charge is 0.322 e. The molecule has 0 heterocycles. The van der Waals surface area contributed by atoms with Crippen LogP contribution in [0, 0.1) is 5.82 Å². The van der Waals surface area contributed by atoms with Gasteiger partial charge in [-0.1, -0.05) is 6.07 Å². The van der Waals surface area contributed by atoms with Gasteiger partial charge in [-0.25, -0.2) is 4.39 Å². The van der Waals surface area contributed by atoms with Gasteiger partial charge in [-0.15, -0.1) is 0 Å². The Morgan fingerprint density at radius 3 is 2.72 bits per heavy atom. The molecule has 98 valence electrons. The van der Waals surface area contributed by atoms with E-state index in [9.17, 15) is 14.0 Å². The number of carboxylic acids is 1. The summed E-state index contributed by atoms with van der Waals surface area (Å²) in [5.41, 5.74) is 0.457. The van der Waals surface area contributed by atoms with Gasteiger partial charge >= 0.3 is 5.97 Å². The molecule has 0 saturated heterocycles. The number of carbonyl (C=O) groups is 2. The third kappa shape index (κ3) is 4.40. The van der Waals surface area contributed by atoms with Crippen LogP contribution in [0.5, 0.6) is 5.75 Å². The Morgan fingerprint density at radius 1 is 1.44 bits per heavy atom. The minimum Gasteiger partial charge on any atom is -0.491 e. The fourth-order valence-corrected chi connectivity index (χ4v) is 1.35. The van der Waals surface area contributed by atoms with Crippen LogP contribution in [0.1, 0.15) is 12.5 Å². The van der Waals surface area contributed by atoms with E-state index in [-0.39, 0.29) is 12.2 Å². The third-order valence-corrected chi connectivity index (χ3v) is 2.10. The number of rotatable bonds is 6. The van der Waals surface area contributed by atoms with Gasteiger partial charge in [-0.2, -0.15) is 0 Å². The first kappa shape index (κ1) is 14.0. The second-order valence-corrected chi connectivity index (χ2v) is 3.55. The first-order valence-electron chi connectivity index (χ1n) is 5.42. The fraction of sp³-hybridized carbons (Fsp3) is 0.333. The molecule has 1 aromatic carbocycles. The average molecular weight is 255 g/mol. The molecule has 2 N–H and O–H groups in total. The highest BCUT2D eigenvalue weighted by Gasteiger charge is 2.08. The summed E-state index contributed by atoms with van der Waals surface area (Å²) in [7, 11) is 0. The summed E-state index contributed by atoms with van der Waals surface area (Å²) in [5, 5.41) is 10.6. The van der Waals surface area contributed by atoms with E-state index in [2.05, 4.69) is 5.32 Å². The number of carboxylic acid groups (broad SMARTS) is 1. The number of hydrogen-bond acceptors (Lipinski definition) is 3. The van der Waals surface area contributed by atoms with Crippen molar-refractivity contribution in [1.29, 1.82) is 0 Å². The van der Waals surface area contributed by atoms with Crippen molar-refractivity contribution in [2.75, 3.05) is 13.2 Å². The Morgan fingerprint density at radius 2 is 2.17 bits per heavy atom. The fourth-order valence-electron chi connectivity index (χ4n) is 1.35. The van der Waals surface area contributed by atoms with Crippen molar-refractivity contribution in [1.82, 2.24) is 5.32 Å². The van der Waals surface area contributed by atoms with Gasteiger partial charge in [0.1, 0.15) is 6.54 Å². The van der Waals surface area contributed by atoms with Gasteiger partial charge in [0.05, 0.1) is 13.0 Å². The molecule has 0 aliphatic heterocycles. The second kappa shape index (κ2) is 6.58. The lowest BCUT2D eigenvalue weighted by Crippen LogP contribution is -2.30. The Balaban J connectivity index is 2.60. The van der Waals surface area contributed by atoms with E-state index in [0.717, 1.165) is 0 Å². The maximum Gasteiger partial charge on any atom is 0.322 e. The standard InChI is InChI=1S/C12H14FNO4/c1-2-18-10-4-3-8(5-9(10)13)6-11(15)14-7-12(16)17/h3-5H,2,6-7H2,1H3,(H,14,15)(H,16,17). The van der Waals surface area contributed by atoms with Crippen LogP contribution in [0.3, 0.4) is 0 Å². The first-order valence-corrected chi connectivity index (χ1v) is 5.42. The normalized spacial score (nSPS) is 9.89. The van der Waals surface area contributed by atoms with Crippen LogP contribution in [-0.4, -0.2) is 30.1 Å². The predicted molar refractivity (Wildman–Crippen MR) is 61.9 cm³/mol. The number of aliphatic carboxylic acids is 1. The van der Waals surface area contributed by atoms with Crippen LogP contribution < -0.4 is 10.1 Å². The summed E-state index contributed by atoms with van der Waals surface area (Å²) in [6.07, 6.45) is -0.0728. The van der Waals surface area contributed by atoms with Crippen molar-refractivity contribution in [3.63, 3.8) is 0 Å².